The lowest BCUT2D eigenvalue weighted by Crippen LogP contribution is -2.33. The summed E-state index contributed by atoms with van der Waals surface area (Å²) in [6.07, 6.45) is 0.653. The molecule has 0 heterocycles. The van der Waals surface area contributed by atoms with Crippen LogP contribution in [0.15, 0.2) is 89.8 Å². The molecule has 30 heavy (non-hydrogen) atoms. The summed E-state index contributed by atoms with van der Waals surface area (Å²) in [5.74, 6) is 0.0398. The first-order chi connectivity index (χ1) is 14.7. The van der Waals surface area contributed by atoms with E-state index in [0.29, 0.717) is 12.0 Å². The molecule has 0 aliphatic carbocycles. The highest BCUT2D eigenvalue weighted by Gasteiger charge is 2.18. The third kappa shape index (κ3) is 6.22. The molecule has 0 aliphatic rings. The number of thioether (sulfide) groups is 1. The summed E-state index contributed by atoms with van der Waals surface area (Å²) < 4.78 is 5.30. The normalized spacial score (nSPS) is 11.5. The Bertz CT molecular complexity index is 960. The molecule has 3 aromatic rings. The molecule has 0 aliphatic heterocycles. The molecule has 3 rings (SSSR count). The van der Waals surface area contributed by atoms with E-state index in [1.54, 1.807) is 23.9 Å². The first-order valence-corrected chi connectivity index (χ1v) is 10.9. The van der Waals surface area contributed by atoms with Crippen LogP contribution in [0.3, 0.4) is 0 Å². The van der Waals surface area contributed by atoms with E-state index in [1.165, 1.54) is 0 Å². The zero-order chi connectivity index (χ0) is 21.2. The summed E-state index contributed by atoms with van der Waals surface area (Å²) in [6.45, 7) is 1.71. The van der Waals surface area contributed by atoms with Crippen LogP contribution in [0.4, 0.5) is 0 Å². The molecule has 0 aromatic heterocycles. The quantitative estimate of drug-likeness (QED) is 0.389. The number of rotatable bonds is 9. The molecule has 0 saturated carbocycles. The van der Waals surface area contributed by atoms with E-state index in [1.807, 2.05) is 79.7 Å². The lowest BCUT2D eigenvalue weighted by Gasteiger charge is -2.19. The maximum atomic E-state index is 12.6. The maximum Gasteiger partial charge on any atom is 0.339 e. The van der Waals surface area contributed by atoms with Gasteiger partial charge in [-0.05, 0) is 35.4 Å². The third-order valence-electron chi connectivity index (χ3n) is 4.56. The van der Waals surface area contributed by atoms with Gasteiger partial charge in [-0.2, -0.15) is 0 Å². The summed E-state index contributed by atoms with van der Waals surface area (Å²) in [6, 6.07) is 26.9. The van der Waals surface area contributed by atoms with E-state index in [0.717, 1.165) is 21.8 Å². The molecule has 0 radical (unpaired) electrons. The van der Waals surface area contributed by atoms with Crippen LogP contribution in [0.5, 0.6) is 0 Å². The number of nitrogens with one attached hydrogen (secondary N) is 1. The molecule has 4 nitrogen and oxygen atoms in total. The average molecular weight is 420 g/mol. The number of esters is 1. The minimum atomic E-state index is -0.485. The average Bonchev–Trinajstić information content (AvgIpc) is 2.79. The highest BCUT2D eigenvalue weighted by molar-refractivity contribution is 7.99. The van der Waals surface area contributed by atoms with Crippen LogP contribution < -0.4 is 5.32 Å². The number of hydrogen-bond acceptors (Lipinski definition) is 4. The van der Waals surface area contributed by atoms with Crippen molar-refractivity contribution in [1.82, 2.24) is 5.32 Å². The Morgan fingerprint density at radius 1 is 0.900 bits per heavy atom. The molecule has 0 saturated heterocycles. The second kappa shape index (κ2) is 11.2. The van der Waals surface area contributed by atoms with Crippen molar-refractivity contribution < 1.29 is 14.3 Å². The van der Waals surface area contributed by atoms with E-state index < -0.39 is 5.97 Å². The Morgan fingerprint density at radius 2 is 1.53 bits per heavy atom. The molecular weight excluding hydrogens is 394 g/mol. The predicted octanol–water partition coefficient (Wildman–Crippen LogP) is 5.06. The number of ether oxygens (including phenoxy) is 1. The Balaban J connectivity index is 1.64. The molecule has 154 valence electrons. The predicted molar refractivity (Wildman–Crippen MR) is 121 cm³/mol. The van der Waals surface area contributed by atoms with Crippen molar-refractivity contribution in [2.45, 2.75) is 24.3 Å². The van der Waals surface area contributed by atoms with Gasteiger partial charge in [-0.25, -0.2) is 4.79 Å². The molecular formula is C25H25NO3S. The van der Waals surface area contributed by atoms with Gasteiger partial charge < -0.3 is 10.1 Å². The van der Waals surface area contributed by atoms with E-state index >= 15 is 0 Å². The molecule has 0 fully saturated rings. The fourth-order valence-corrected chi connectivity index (χ4v) is 3.94. The Morgan fingerprint density at radius 3 is 2.23 bits per heavy atom. The summed E-state index contributed by atoms with van der Waals surface area (Å²) in [4.78, 5) is 25.9. The van der Waals surface area contributed by atoms with E-state index in [9.17, 15) is 9.59 Å². The smallest absolute Gasteiger partial charge is 0.339 e. The van der Waals surface area contributed by atoms with Crippen LogP contribution in [0, 0.1) is 0 Å². The van der Waals surface area contributed by atoms with E-state index in [4.69, 9.17) is 4.74 Å². The van der Waals surface area contributed by atoms with Crippen molar-refractivity contribution in [2.75, 3.05) is 12.4 Å². The van der Waals surface area contributed by atoms with Gasteiger partial charge in [-0.3, -0.25) is 4.79 Å². The molecule has 5 heteroatoms. The first-order valence-electron chi connectivity index (χ1n) is 9.94. The summed E-state index contributed by atoms with van der Waals surface area (Å²) in [7, 11) is 0. The van der Waals surface area contributed by atoms with Gasteiger partial charge in [0.05, 0.1) is 11.6 Å². The second-order valence-electron chi connectivity index (χ2n) is 6.73. The van der Waals surface area contributed by atoms with E-state index in [2.05, 4.69) is 5.32 Å². The maximum absolute atomic E-state index is 12.6. The van der Waals surface area contributed by atoms with Gasteiger partial charge in [-0.1, -0.05) is 79.7 Å². The van der Waals surface area contributed by atoms with Crippen LogP contribution in [0.25, 0.3) is 0 Å². The number of amides is 1. The Hall–Kier alpha value is -3.05. The minimum Gasteiger partial charge on any atom is -0.452 e. The molecule has 1 N–H and O–H groups in total. The standard InChI is InChI=1S/C25H25NO3S/c1-2-30-23-16-10-9-15-21(23)25(28)29-18-24(27)26-22(20-13-7-4-8-14-20)17-19-11-5-3-6-12-19/h3-16,22H,2,17-18H2,1H3,(H,26,27). The SMILES string of the molecule is CCSc1ccccc1C(=O)OCC(=O)NC(Cc1ccccc1)c1ccccc1. The van der Waals surface area contributed by atoms with Crippen molar-refractivity contribution >= 4 is 23.6 Å². The largest absolute Gasteiger partial charge is 0.452 e. The van der Waals surface area contributed by atoms with Crippen LogP contribution in [-0.2, 0) is 16.0 Å². The van der Waals surface area contributed by atoms with Crippen LogP contribution in [0.2, 0.25) is 0 Å². The topological polar surface area (TPSA) is 55.4 Å². The lowest BCUT2D eigenvalue weighted by molar-refractivity contribution is -0.125. The van der Waals surface area contributed by atoms with Gasteiger partial charge in [0.15, 0.2) is 6.61 Å². The van der Waals surface area contributed by atoms with Crippen molar-refractivity contribution in [1.29, 1.82) is 0 Å². The first kappa shape index (κ1) is 21.7. The Labute approximate surface area is 181 Å². The molecule has 1 atom stereocenters. The number of hydrogen-bond donors (Lipinski definition) is 1. The van der Waals surface area contributed by atoms with Crippen molar-refractivity contribution in [3.05, 3.63) is 102 Å². The van der Waals surface area contributed by atoms with Gasteiger partial charge in [0.1, 0.15) is 0 Å². The Kier molecular flexibility index (Phi) is 8.10. The highest BCUT2D eigenvalue weighted by atomic mass is 32.2. The van der Waals surface area contributed by atoms with Gasteiger partial charge in [0, 0.05) is 4.90 Å². The van der Waals surface area contributed by atoms with Crippen LogP contribution in [0.1, 0.15) is 34.5 Å². The number of carbonyl (C=O) groups is 2. The van der Waals surface area contributed by atoms with Crippen molar-refractivity contribution in [3.63, 3.8) is 0 Å². The highest BCUT2D eigenvalue weighted by Crippen LogP contribution is 2.23. The zero-order valence-corrected chi connectivity index (χ0v) is 17.7. The number of benzene rings is 3. The lowest BCUT2D eigenvalue weighted by atomic mass is 9.99. The van der Waals surface area contributed by atoms with Gasteiger partial charge >= 0.3 is 5.97 Å². The molecule has 0 spiro atoms. The monoisotopic (exact) mass is 419 g/mol. The molecule has 1 amide bonds. The molecule has 1 unspecified atom stereocenters. The van der Waals surface area contributed by atoms with E-state index in [-0.39, 0.29) is 18.6 Å². The van der Waals surface area contributed by atoms with Crippen LogP contribution in [-0.4, -0.2) is 24.2 Å². The summed E-state index contributed by atoms with van der Waals surface area (Å²) in [5.41, 5.74) is 2.61. The summed E-state index contributed by atoms with van der Waals surface area (Å²) in [5, 5.41) is 3.01. The second-order valence-corrected chi connectivity index (χ2v) is 8.03. The van der Waals surface area contributed by atoms with Gasteiger partial charge in [-0.15, -0.1) is 11.8 Å². The van der Waals surface area contributed by atoms with Gasteiger partial charge in [0.25, 0.3) is 5.91 Å². The minimum absolute atomic E-state index is 0.206. The third-order valence-corrected chi connectivity index (χ3v) is 5.52. The molecule has 3 aromatic carbocycles. The molecule has 0 bridgehead atoms. The fourth-order valence-electron chi connectivity index (χ4n) is 3.15. The van der Waals surface area contributed by atoms with Crippen molar-refractivity contribution in [2.24, 2.45) is 0 Å². The number of carbonyl (C=O) groups excluding carboxylic acids is 2. The van der Waals surface area contributed by atoms with Crippen molar-refractivity contribution in [3.8, 4) is 0 Å². The fraction of sp³-hybridized carbons (Fsp3) is 0.200. The van der Waals surface area contributed by atoms with Gasteiger partial charge in [0.2, 0.25) is 0 Å². The zero-order valence-electron chi connectivity index (χ0n) is 16.9. The van der Waals surface area contributed by atoms with Crippen LogP contribution >= 0.6 is 11.8 Å². The summed E-state index contributed by atoms with van der Waals surface area (Å²) >= 11 is 1.57.